The maximum absolute atomic E-state index is 13.3. The zero-order valence-corrected chi connectivity index (χ0v) is 19.1. The number of aromatic nitrogens is 1. The molecular formula is C24H30N4O4. The summed E-state index contributed by atoms with van der Waals surface area (Å²) in [7, 11) is 3.47. The molecule has 8 heteroatoms. The molecule has 0 radical (unpaired) electrons. The first kappa shape index (κ1) is 22.0. The van der Waals surface area contributed by atoms with E-state index in [9.17, 15) is 14.4 Å². The second-order valence-electron chi connectivity index (χ2n) is 9.18. The van der Waals surface area contributed by atoms with Crippen molar-refractivity contribution in [1.82, 2.24) is 19.9 Å². The van der Waals surface area contributed by atoms with Crippen LogP contribution in [0.3, 0.4) is 0 Å². The van der Waals surface area contributed by atoms with Gasteiger partial charge in [-0.15, -0.1) is 0 Å². The SMILES string of the molecule is Cc1noc(C)c1CCC(=O)N1C[C@@H]2CN(C(=O)c3ccccc3)C[C@]2(C(=O)N(C)C)C1. The number of rotatable bonds is 5. The minimum atomic E-state index is -0.757. The fourth-order valence-corrected chi connectivity index (χ4v) is 5.17. The molecule has 170 valence electrons. The van der Waals surface area contributed by atoms with E-state index in [4.69, 9.17) is 4.52 Å². The van der Waals surface area contributed by atoms with Crippen LogP contribution in [0.5, 0.6) is 0 Å². The van der Waals surface area contributed by atoms with Gasteiger partial charge in [-0.25, -0.2) is 0 Å². The van der Waals surface area contributed by atoms with E-state index in [0.717, 1.165) is 17.0 Å². The molecule has 4 rings (SSSR count). The Hall–Kier alpha value is -3.16. The fourth-order valence-electron chi connectivity index (χ4n) is 5.17. The molecule has 2 aliphatic rings. The minimum absolute atomic E-state index is 0.0197. The number of benzene rings is 1. The van der Waals surface area contributed by atoms with Gasteiger partial charge in [0.2, 0.25) is 11.8 Å². The third-order valence-corrected chi connectivity index (χ3v) is 6.87. The Morgan fingerprint density at radius 3 is 2.38 bits per heavy atom. The van der Waals surface area contributed by atoms with E-state index in [-0.39, 0.29) is 23.6 Å². The Morgan fingerprint density at radius 1 is 1.09 bits per heavy atom. The van der Waals surface area contributed by atoms with Crippen molar-refractivity contribution in [2.75, 3.05) is 40.3 Å². The zero-order valence-electron chi connectivity index (χ0n) is 19.1. The van der Waals surface area contributed by atoms with Gasteiger partial charge in [-0.1, -0.05) is 23.4 Å². The summed E-state index contributed by atoms with van der Waals surface area (Å²) in [5.41, 5.74) is 1.64. The Labute approximate surface area is 188 Å². The highest BCUT2D eigenvalue weighted by atomic mass is 16.5. The van der Waals surface area contributed by atoms with Crippen LogP contribution in [0, 0.1) is 25.2 Å². The number of hydrogen-bond donors (Lipinski definition) is 0. The summed E-state index contributed by atoms with van der Waals surface area (Å²) in [5, 5.41) is 3.95. The monoisotopic (exact) mass is 438 g/mol. The van der Waals surface area contributed by atoms with E-state index in [1.807, 2.05) is 32.0 Å². The van der Waals surface area contributed by atoms with Crippen molar-refractivity contribution in [3.05, 3.63) is 52.9 Å². The highest BCUT2D eigenvalue weighted by molar-refractivity contribution is 5.96. The number of carbonyl (C=O) groups excluding carboxylic acids is 3. The maximum atomic E-state index is 13.3. The average Bonchev–Trinajstić information content (AvgIpc) is 3.42. The largest absolute Gasteiger partial charge is 0.361 e. The molecule has 32 heavy (non-hydrogen) atoms. The van der Waals surface area contributed by atoms with E-state index >= 15 is 0 Å². The predicted molar refractivity (Wildman–Crippen MR) is 118 cm³/mol. The lowest BCUT2D eigenvalue weighted by atomic mass is 9.80. The Kier molecular flexibility index (Phi) is 5.79. The molecule has 2 aromatic rings. The van der Waals surface area contributed by atoms with Gasteiger partial charge in [0.15, 0.2) is 0 Å². The summed E-state index contributed by atoms with van der Waals surface area (Å²) in [5.74, 6) is 0.594. The van der Waals surface area contributed by atoms with E-state index in [0.29, 0.717) is 44.6 Å². The van der Waals surface area contributed by atoms with Crippen molar-refractivity contribution >= 4 is 17.7 Å². The van der Waals surface area contributed by atoms with Crippen LogP contribution in [0.1, 0.15) is 33.8 Å². The van der Waals surface area contributed by atoms with E-state index < -0.39 is 5.41 Å². The lowest BCUT2D eigenvalue weighted by Gasteiger charge is -2.30. The van der Waals surface area contributed by atoms with Crippen LogP contribution in [-0.2, 0) is 16.0 Å². The summed E-state index contributed by atoms with van der Waals surface area (Å²) in [4.78, 5) is 44.5. The van der Waals surface area contributed by atoms with Crippen molar-refractivity contribution in [1.29, 1.82) is 0 Å². The molecule has 1 aromatic heterocycles. The second-order valence-corrected chi connectivity index (χ2v) is 9.18. The molecule has 0 unspecified atom stereocenters. The van der Waals surface area contributed by atoms with E-state index in [1.165, 1.54) is 0 Å². The standard InChI is InChI=1S/C24H30N4O4/c1-16-20(17(2)32-25-16)10-11-21(29)27-12-19-13-28(22(30)18-8-6-5-7-9-18)15-24(19,14-27)23(31)26(3)4/h5-9,19H,10-15H2,1-4H3/t19-,24-/m1/s1. The van der Waals surface area contributed by atoms with Crippen molar-refractivity contribution in [3.8, 4) is 0 Å². The van der Waals surface area contributed by atoms with Gasteiger partial charge in [-0.05, 0) is 32.4 Å². The molecule has 0 spiro atoms. The molecule has 0 N–H and O–H groups in total. The predicted octanol–water partition coefficient (Wildman–Crippen LogP) is 1.91. The first-order valence-corrected chi connectivity index (χ1v) is 11.0. The first-order valence-electron chi connectivity index (χ1n) is 11.0. The van der Waals surface area contributed by atoms with Crippen LogP contribution < -0.4 is 0 Å². The van der Waals surface area contributed by atoms with Crippen LogP contribution in [0.2, 0.25) is 0 Å². The van der Waals surface area contributed by atoms with Gasteiger partial charge in [0.1, 0.15) is 5.76 Å². The highest BCUT2D eigenvalue weighted by Crippen LogP contribution is 2.44. The molecule has 3 heterocycles. The van der Waals surface area contributed by atoms with Gasteiger partial charge in [0, 0.05) is 63.7 Å². The van der Waals surface area contributed by atoms with Crippen LogP contribution in [0.4, 0.5) is 0 Å². The number of amides is 3. The molecule has 0 bridgehead atoms. The zero-order chi connectivity index (χ0) is 23.0. The number of aryl methyl sites for hydroxylation is 2. The molecule has 8 nitrogen and oxygen atoms in total. The molecule has 1 aromatic carbocycles. The minimum Gasteiger partial charge on any atom is -0.361 e. The normalized spacial score (nSPS) is 22.2. The molecule has 0 aliphatic carbocycles. The quantitative estimate of drug-likeness (QED) is 0.712. The number of nitrogens with zero attached hydrogens (tertiary/aromatic N) is 4. The second kappa shape index (κ2) is 8.41. The molecular weight excluding hydrogens is 408 g/mol. The molecule has 0 saturated carbocycles. The van der Waals surface area contributed by atoms with E-state index in [2.05, 4.69) is 5.16 Å². The number of hydrogen-bond acceptors (Lipinski definition) is 5. The molecule has 2 atom stereocenters. The summed E-state index contributed by atoms with van der Waals surface area (Å²) < 4.78 is 5.20. The molecule has 2 fully saturated rings. The van der Waals surface area contributed by atoms with Crippen molar-refractivity contribution < 1.29 is 18.9 Å². The van der Waals surface area contributed by atoms with Gasteiger partial charge in [0.05, 0.1) is 11.1 Å². The van der Waals surface area contributed by atoms with Crippen LogP contribution >= 0.6 is 0 Å². The van der Waals surface area contributed by atoms with Crippen LogP contribution in [-0.4, -0.2) is 77.9 Å². The number of fused-ring (bicyclic) bond motifs is 1. The average molecular weight is 439 g/mol. The Morgan fingerprint density at radius 2 is 1.75 bits per heavy atom. The summed E-state index contributed by atoms with van der Waals surface area (Å²) in [6.45, 7) is 5.35. The van der Waals surface area contributed by atoms with Crippen LogP contribution in [0.25, 0.3) is 0 Å². The smallest absolute Gasteiger partial charge is 0.253 e. The van der Waals surface area contributed by atoms with E-state index in [1.54, 1.807) is 40.9 Å². The lowest BCUT2D eigenvalue weighted by Crippen LogP contribution is -2.48. The van der Waals surface area contributed by atoms with Gasteiger partial charge >= 0.3 is 0 Å². The lowest BCUT2D eigenvalue weighted by molar-refractivity contribution is -0.140. The maximum Gasteiger partial charge on any atom is 0.253 e. The van der Waals surface area contributed by atoms with Crippen molar-refractivity contribution in [2.45, 2.75) is 26.7 Å². The van der Waals surface area contributed by atoms with Crippen LogP contribution in [0.15, 0.2) is 34.9 Å². The first-order chi connectivity index (χ1) is 15.2. The number of carbonyl (C=O) groups is 3. The topological polar surface area (TPSA) is 87.0 Å². The third-order valence-electron chi connectivity index (χ3n) is 6.87. The third kappa shape index (κ3) is 3.78. The fraction of sp³-hybridized carbons (Fsp3) is 0.500. The summed E-state index contributed by atoms with van der Waals surface area (Å²) in [6.07, 6.45) is 0.906. The van der Waals surface area contributed by atoms with Gasteiger partial charge in [-0.2, -0.15) is 0 Å². The Balaban J connectivity index is 1.49. The summed E-state index contributed by atoms with van der Waals surface area (Å²) in [6, 6.07) is 9.13. The highest BCUT2D eigenvalue weighted by Gasteiger charge is 2.59. The van der Waals surface area contributed by atoms with Crippen molar-refractivity contribution in [3.63, 3.8) is 0 Å². The molecule has 3 amide bonds. The van der Waals surface area contributed by atoms with Gasteiger partial charge < -0.3 is 19.2 Å². The Bertz CT molecular complexity index is 1010. The molecule has 2 saturated heterocycles. The van der Waals surface area contributed by atoms with Crippen molar-refractivity contribution in [2.24, 2.45) is 11.3 Å². The molecule has 2 aliphatic heterocycles. The van der Waals surface area contributed by atoms with Gasteiger partial charge in [-0.3, -0.25) is 14.4 Å². The summed E-state index contributed by atoms with van der Waals surface area (Å²) >= 11 is 0. The number of likely N-dealkylation sites (tertiary alicyclic amines) is 2. The van der Waals surface area contributed by atoms with Gasteiger partial charge in [0.25, 0.3) is 5.91 Å².